The molecule has 7 heteroatoms. The fraction of sp³-hybridized carbons (Fsp3) is 0.522. The second-order valence-corrected chi connectivity index (χ2v) is 8.32. The van der Waals surface area contributed by atoms with Crippen molar-refractivity contribution in [3.63, 3.8) is 0 Å². The lowest BCUT2D eigenvalue weighted by molar-refractivity contribution is -0.118. The van der Waals surface area contributed by atoms with Crippen LogP contribution in [0, 0.1) is 6.92 Å². The van der Waals surface area contributed by atoms with Crippen molar-refractivity contribution in [2.45, 2.75) is 51.9 Å². The summed E-state index contributed by atoms with van der Waals surface area (Å²) in [6, 6.07) is 7.47. The summed E-state index contributed by atoms with van der Waals surface area (Å²) in [4.78, 5) is 30.4. The molecule has 1 aromatic carbocycles. The molecule has 2 amide bonds. The highest BCUT2D eigenvalue weighted by Crippen LogP contribution is 2.39. The normalized spacial score (nSPS) is 16.6. The zero-order valence-corrected chi connectivity index (χ0v) is 18.0. The summed E-state index contributed by atoms with van der Waals surface area (Å²) < 4.78 is 1.56. The van der Waals surface area contributed by atoms with Crippen molar-refractivity contribution in [1.82, 2.24) is 14.7 Å². The molecule has 0 atom stereocenters. The Morgan fingerprint density at radius 2 is 1.87 bits per heavy atom. The molecule has 4 rings (SSSR count). The Bertz CT molecular complexity index is 930. The zero-order chi connectivity index (χ0) is 21.1. The van der Waals surface area contributed by atoms with Gasteiger partial charge in [0.2, 0.25) is 5.91 Å². The average Bonchev–Trinajstić information content (AvgIpc) is 2.95. The van der Waals surface area contributed by atoms with Crippen molar-refractivity contribution in [2.24, 2.45) is 7.05 Å². The number of piperidine rings is 1. The molecule has 7 nitrogen and oxygen atoms in total. The quantitative estimate of drug-likeness (QED) is 0.732. The number of aromatic nitrogens is 2. The minimum absolute atomic E-state index is 0.00859. The lowest BCUT2D eigenvalue weighted by Crippen LogP contribution is -2.30. The molecular formula is C23H31N5O2. The van der Waals surface area contributed by atoms with Gasteiger partial charge in [0.25, 0.3) is 5.91 Å². The maximum Gasteiger partial charge on any atom is 0.276 e. The van der Waals surface area contributed by atoms with Gasteiger partial charge in [-0.2, -0.15) is 5.10 Å². The number of hydrogen-bond donors (Lipinski definition) is 1. The molecule has 1 N–H and O–H groups in total. The number of carbonyl (C=O) groups is 2. The van der Waals surface area contributed by atoms with Gasteiger partial charge in [0.15, 0.2) is 5.69 Å². The van der Waals surface area contributed by atoms with Crippen LogP contribution in [0.2, 0.25) is 0 Å². The van der Waals surface area contributed by atoms with Gasteiger partial charge in [-0.1, -0.05) is 25.0 Å². The van der Waals surface area contributed by atoms with Crippen LogP contribution in [0.25, 0.3) is 0 Å². The van der Waals surface area contributed by atoms with Gasteiger partial charge in [0.05, 0.1) is 17.1 Å². The number of fused-ring (bicyclic) bond motifs is 2. The van der Waals surface area contributed by atoms with E-state index < -0.39 is 0 Å². The molecule has 3 heterocycles. The number of amides is 2. The number of anilines is 3. The SMILES string of the molecule is Cc1nn(C)c2c1N(C(=O)CCCCCN1CCCCC1)c1ccccc1NC2=O. The highest BCUT2D eigenvalue weighted by Gasteiger charge is 2.33. The molecule has 2 aliphatic heterocycles. The highest BCUT2D eigenvalue weighted by molar-refractivity contribution is 6.17. The van der Waals surface area contributed by atoms with Crippen molar-refractivity contribution >= 4 is 28.9 Å². The third-order valence-corrected chi connectivity index (χ3v) is 6.09. The summed E-state index contributed by atoms with van der Waals surface area (Å²) in [5.74, 6) is -0.230. The zero-order valence-electron chi connectivity index (χ0n) is 18.0. The van der Waals surface area contributed by atoms with Crippen LogP contribution in [0.1, 0.15) is 61.1 Å². The largest absolute Gasteiger partial charge is 0.319 e. The second-order valence-electron chi connectivity index (χ2n) is 8.32. The minimum Gasteiger partial charge on any atom is -0.319 e. The van der Waals surface area contributed by atoms with Gasteiger partial charge in [-0.3, -0.25) is 19.2 Å². The van der Waals surface area contributed by atoms with Crippen LogP contribution in [0.3, 0.4) is 0 Å². The van der Waals surface area contributed by atoms with E-state index in [0.29, 0.717) is 34.9 Å². The van der Waals surface area contributed by atoms with E-state index in [9.17, 15) is 9.59 Å². The summed E-state index contributed by atoms with van der Waals surface area (Å²) in [6.45, 7) is 5.41. The van der Waals surface area contributed by atoms with Gasteiger partial charge < -0.3 is 10.2 Å². The van der Waals surface area contributed by atoms with E-state index in [1.54, 1.807) is 16.6 Å². The Labute approximate surface area is 178 Å². The van der Waals surface area contributed by atoms with Gasteiger partial charge in [-0.25, -0.2) is 0 Å². The number of benzene rings is 1. The predicted molar refractivity (Wildman–Crippen MR) is 118 cm³/mol. The van der Waals surface area contributed by atoms with Crippen LogP contribution in [0.15, 0.2) is 24.3 Å². The van der Waals surface area contributed by atoms with Crippen LogP contribution in [-0.2, 0) is 11.8 Å². The number of nitrogens with zero attached hydrogens (tertiary/aromatic N) is 4. The number of rotatable bonds is 6. The van der Waals surface area contributed by atoms with Gasteiger partial charge >= 0.3 is 0 Å². The summed E-state index contributed by atoms with van der Waals surface area (Å²) in [6.07, 6.45) is 7.45. The van der Waals surface area contributed by atoms with E-state index >= 15 is 0 Å². The topological polar surface area (TPSA) is 70.5 Å². The Morgan fingerprint density at radius 3 is 2.67 bits per heavy atom. The van der Waals surface area contributed by atoms with Crippen LogP contribution in [0.4, 0.5) is 17.1 Å². The molecule has 30 heavy (non-hydrogen) atoms. The molecular weight excluding hydrogens is 378 g/mol. The highest BCUT2D eigenvalue weighted by atomic mass is 16.2. The number of nitrogens with one attached hydrogen (secondary N) is 1. The van der Waals surface area contributed by atoms with Gasteiger partial charge in [-0.15, -0.1) is 0 Å². The van der Waals surface area contributed by atoms with Crippen LogP contribution >= 0.6 is 0 Å². The molecule has 1 saturated heterocycles. The third kappa shape index (κ3) is 4.12. The van der Waals surface area contributed by atoms with Crippen molar-refractivity contribution in [3.8, 4) is 0 Å². The van der Waals surface area contributed by atoms with Crippen molar-refractivity contribution in [3.05, 3.63) is 35.7 Å². The van der Waals surface area contributed by atoms with Gasteiger partial charge in [0, 0.05) is 13.5 Å². The molecule has 0 aliphatic carbocycles. The van der Waals surface area contributed by atoms with E-state index in [1.165, 1.54) is 32.4 Å². The number of unbranched alkanes of at least 4 members (excludes halogenated alkanes) is 2. The average molecular weight is 410 g/mol. The third-order valence-electron chi connectivity index (χ3n) is 6.09. The molecule has 1 aromatic heterocycles. The van der Waals surface area contributed by atoms with Crippen molar-refractivity contribution in [2.75, 3.05) is 29.9 Å². The molecule has 0 radical (unpaired) electrons. The predicted octanol–water partition coefficient (Wildman–Crippen LogP) is 4.01. The lowest BCUT2D eigenvalue weighted by Gasteiger charge is -2.26. The molecule has 0 bridgehead atoms. The Balaban J connectivity index is 1.47. The number of likely N-dealkylation sites (tertiary alicyclic amines) is 1. The maximum absolute atomic E-state index is 13.3. The molecule has 2 aliphatic rings. The van der Waals surface area contributed by atoms with Gasteiger partial charge in [-0.05, 0) is 64.4 Å². The number of hydrogen-bond acceptors (Lipinski definition) is 4. The van der Waals surface area contributed by atoms with E-state index in [2.05, 4.69) is 15.3 Å². The number of carbonyl (C=O) groups excluding carboxylic acids is 2. The smallest absolute Gasteiger partial charge is 0.276 e. The first-order valence-electron chi connectivity index (χ1n) is 11.1. The summed E-state index contributed by atoms with van der Waals surface area (Å²) in [5, 5.41) is 7.34. The second kappa shape index (κ2) is 9.00. The molecule has 0 spiro atoms. The van der Waals surface area contributed by atoms with E-state index in [0.717, 1.165) is 25.8 Å². The number of aryl methyl sites for hydroxylation is 2. The van der Waals surface area contributed by atoms with Crippen LogP contribution in [0.5, 0.6) is 0 Å². The fourth-order valence-electron chi connectivity index (χ4n) is 4.59. The lowest BCUT2D eigenvalue weighted by atomic mass is 10.1. The van der Waals surface area contributed by atoms with Crippen molar-refractivity contribution in [1.29, 1.82) is 0 Å². The monoisotopic (exact) mass is 409 g/mol. The Morgan fingerprint density at radius 1 is 1.10 bits per heavy atom. The van der Waals surface area contributed by atoms with E-state index in [1.807, 2.05) is 31.2 Å². The fourth-order valence-corrected chi connectivity index (χ4v) is 4.59. The number of para-hydroxylation sites is 2. The minimum atomic E-state index is -0.239. The molecule has 160 valence electrons. The first-order chi connectivity index (χ1) is 14.6. The molecule has 0 unspecified atom stereocenters. The van der Waals surface area contributed by atoms with Crippen molar-refractivity contribution < 1.29 is 9.59 Å². The van der Waals surface area contributed by atoms with E-state index in [4.69, 9.17) is 0 Å². The maximum atomic E-state index is 13.3. The summed E-state index contributed by atoms with van der Waals surface area (Å²) in [5.41, 5.74) is 3.05. The molecule has 2 aromatic rings. The molecule has 0 saturated carbocycles. The summed E-state index contributed by atoms with van der Waals surface area (Å²) >= 11 is 0. The first kappa shape index (κ1) is 20.6. The van der Waals surface area contributed by atoms with Gasteiger partial charge in [0.1, 0.15) is 5.69 Å². The standard InChI is InChI=1S/C23H31N5O2/c1-17-21-22(26(2)25-17)23(30)24-18-11-6-7-12-19(18)28(21)20(29)13-5-3-8-14-27-15-9-4-10-16-27/h6-7,11-12H,3-5,8-10,13-16H2,1-2H3,(H,24,30). The first-order valence-corrected chi connectivity index (χ1v) is 11.1. The molecule has 1 fully saturated rings. The Kier molecular flexibility index (Phi) is 6.18. The summed E-state index contributed by atoms with van der Waals surface area (Å²) in [7, 11) is 1.74. The van der Waals surface area contributed by atoms with Crippen LogP contribution in [-0.4, -0.2) is 46.1 Å². The van der Waals surface area contributed by atoms with E-state index in [-0.39, 0.29) is 11.8 Å². The van der Waals surface area contributed by atoms with Crippen LogP contribution < -0.4 is 10.2 Å². The Hall–Kier alpha value is -2.67.